The van der Waals surface area contributed by atoms with Crippen molar-refractivity contribution in [1.82, 2.24) is 20.3 Å². The Hall–Kier alpha value is -2.12. The molecule has 0 spiro atoms. The van der Waals surface area contributed by atoms with Crippen LogP contribution in [0.1, 0.15) is 27.2 Å². The lowest BCUT2D eigenvalue weighted by Gasteiger charge is -2.09. The Bertz CT molecular complexity index is 426. The van der Waals surface area contributed by atoms with Gasteiger partial charge in [0.1, 0.15) is 0 Å². The van der Waals surface area contributed by atoms with Gasteiger partial charge in [-0.1, -0.05) is 6.92 Å². The minimum absolute atomic E-state index is 0.108. The monoisotopic (exact) mass is 282 g/mol. The summed E-state index contributed by atoms with van der Waals surface area (Å²) in [6.07, 6.45) is 0.865. The molecule has 0 aliphatic rings. The van der Waals surface area contributed by atoms with Crippen molar-refractivity contribution in [2.24, 2.45) is 0 Å². The molecule has 0 aliphatic carbocycles. The topological polar surface area (TPSA) is 101 Å². The van der Waals surface area contributed by atoms with Gasteiger partial charge >= 0.3 is 6.01 Å². The van der Waals surface area contributed by atoms with E-state index in [1.165, 1.54) is 0 Å². The molecular weight excluding hydrogens is 260 g/mol. The number of carbonyl (C=O) groups excluding carboxylic acids is 1. The van der Waals surface area contributed by atoms with Crippen LogP contribution in [0.3, 0.4) is 0 Å². The number of ether oxygens (including phenoxy) is 1. The summed E-state index contributed by atoms with van der Waals surface area (Å²) in [6.45, 7) is 7.72. The smallest absolute Gasteiger partial charge is 0.323 e. The third-order valence-corrected chi connectivity index (χ3v) is 2.17. The van der Waals surface area contributed by atoms with Gasteiger partial charge in [-0.3, -0.25) is 4.79 Å². The van der Waals surface area contributed by atoms with E-state index in [0.717, 1.165) is 6.42 Å². The fourth-order valence-corrected chi connectivity index (χ4v) is 1.35. The van der Waals surface area contributed by atoms with Gasteiger partial charge in [0.15, 0.2) is 0 Å². The van der Waals surface area contributed by atoms with Crippen LogP contribution in [0.25, 0.3) is 0 Å². The Kier molecular flexibility index (Phi) is 7.08. The molecule has 112 valence electrons. The molecule has 8 nitrogen and oxygen atoms in total. The van der Waals surface area contributed by atoms with E-state index >= 15 is 0 Å². The maximum Gasteiger partial charge on any atom is 0.323 e. The van der Waals surface area contributed by atoms with Crippen molar-refractivity contribution < 1.29 is 9.53 Å². The second-order valence-corrected chi connectivity index (χ2v) is 3.95. The molecule has 1 aromatic heterocycles. The van der Waals surface area contributed by atoms with Crippen molar-refractivity contribution in [2.45, 2.75) is 27.2 Å². The fourth-order valence-electron chi connectivity index (χ4n) is 1.35. The number of nitrogens with one attached hydrogen (secondary N) is 3. The Morgan fingerprint density at radius 1 is 1.05 bits per heavy atom. The van der Waals surface area contributed by atoms with Gasteiger partial charge in [0.2, 0.25) is 17.8 Å². The number of hydrogen-bond donors (Lipinski definition) is 3. The van der Waals surface area contributed by atoms with Gasteiger partial charge in [0.25, 0.3) is 0 Å². The van der Waals surface area contributed by atoms with E-state index in [1.54, 1.807) is 0 Å². The lowest BCUT2D eigenvalue weighted by Crippen LogP contribution is -2.30. The van der Waals surface area contributed by atoms with Gasteiger partial charge in [-0.25, -0.2) is 0 Å². The SMILES string of the molecule is CCCOc1nc(NCC)nc(NCC(=O)NCC)n1. The number of nitrogens with zero attached hydrogens (tertiary/aromatic N) is 3. The van der Waals surface area contributed by atoms with Crippen LogP contribution >= 0.6 is 0 Å². The van der Waals surface area contributed by atoms with Gasteiger partial charge in [-0.2, -0.15) is 15.0 Å². The molecule has 0 fully saturated rings. The zero-order chi connectivity index (χ0) is 14.8. The highest BCUT2D eigenvalue weighted by Gasteiger charge is 2.08. The predicted octanol–water partition coefficient (Wildman–Crippen LogP) is 0.640. The van der Waals surface area contributed by atoms with E-state index in [-0.39, 0.29) is 18.5 Å². The molecule has 20 heavy (non-hydrogen) atoms. The molecule has 1 heterocycles. The first kappa shape index (κ1) is 15.9. The normalized spacial score (nSPS) is 9.95. The van der Waals surface area contributed by atoms with E-state index in [1.807, 2.05) is 20.8 Å². The van der Waals surface area contributed by atoms with Crippen LogP contribution in [0.5, 0.6) is 6.01 Å². The second-order valence-electron chi connectivity index (χ2n) is 3.95. The Morgan fingerprint density at radius 3 is 2.35 bits per heavy atom. The molecule has 3 N–H and O–H groups in total. The first-order chi connectivity index (χ1) is 9.69. The molecule has 0 saturated carbocycles. The summed E-state index contributed by atoms with van der Waals surface area (Å²) in [7, 11) is 0. The fraction of sp³-hybridized carbons (Fsp3) is 0.667. The Morgan fingerprint density at radius 2 is 1.75 bits per heavy atom. The average Bonchev–Trinajstić information content (AvgIpc) is 2.43. The molecule has 0 aromatic carbocycles. The van der Waals surface area contributed by atoms with Gasteiger partial charge in [-0.15, -0.1) is 0 Å². The molecule has 0 aliphatic heterocycles. The van der Waals surface area contributed by atoms with Crippen LogP contribution in [0, 0.1) is 0 Å². The quantitative estimate of drug-likeness (QED) is 0.611. The van der Waals surface area contributed by atoms with Crippen LogP contribution in [-0.2, 0) is 4.79 Å². The van der Waals surface area contributed by atoms with E-state index in [4.69, 9.17) is 4.74 Å². The lowest BCUT2D eigenvalue weighted by atomic mass is 10.5. The number of carbonyl (C=O) groups is 1. The van der Waals surface area contributed by atoms with Gasteiger partial charge in [0.05, 0.1) is 13.2 Å². The van der Waals surface area contributed by atoms with Crippen LogP contribution in [0.4, 0.5) is 11.9 Å². The first-order valence-electron chi connectivity index (χ1n) is 6.82. The molecule has 0 radical (unpaired) electrons. The van der Waals surface area contributed by atoms with Crippen molar-refractivity contribution in [1.29, 1.82) is 0 Å². The highest BCUT2D eigenvalue weighted by atomic mass is 16.5. The maximum absolute atomic E-state index is 11.4. The van der Waals surface area contributed by atoms with Crippen LogP contribution < -0.4 is 20.7 Å². The van der Waals surface area contributed by atoms with Crippen molar-refractivity contribution in [3.8, 4) is 6.01 Å². The zero-order valence-electron chi connectivity index (χ0n) is 12.2. The number of anilines is 2. The molecule has 0 atom stereocenters. The lowest BCUT2D eigenvalue weighted by molar-refractivity contribution is -0.119. The molecule has 0 saturated heterocycles. The largest absolute Gasteiger partial charge is 0.463 e. The van der Waals surface area contributed by atoms with Crippen molar-refractivity contribution >= 4 is 17.8 Å². The predicted molar refractivity (Wildman–Crippen MR) is 77.0 cm³/mol. The average molecular weight is 282 g/mol. The number of rotatable bonds is 9. The van der Waals surface area contributed by atoms with Crippen LogP contribution in [-0.4, -0.2) is 47.1 Å². The zero-order valence-corrected chi connectivity index (χ0v) is 12.2. The van der Waals surface area contributed by atoms with Crippen molar-refractivity contribution in [2.75, 3.05) is 36.9 Å². The second kappa shape index (κ2) is 8.89. The summed E-state index contributed by atoms with van der Waals surface area (Å²) in [4.78, 5) is 23.8. The van der Waals surface area contributed by atoms with Gasteiger partial charge in [-0.05, 0) is 20.3 Å². The van der Waals surface area contributed by atoms with Crippen LogP contribution in [0.15, 0.2) is 0 Å². The summed E-state index contributed by atoms with van der Waals surface area (Å²) in [5.41, 5.74) is 0. The first-order valence-corrected chi connectivity index (χ1v) is 6.82. The maximum atomic E-state index is 11.4. The van der Waals surface area contributed by atoms with Gasteiger partial charge < -0.3 is 20.7 Å². The summed E-state index contributed by atoms with van der Waals surface area (Å²) < 4.78 is 5.39. The summed E-state index contributed by atoms with van der Waals surface area (Å²) in [5, 5.41) is 8.53. The highest BCUT2D eigenvalue weighted by molar-refractivity contribution is 5.80. The van der Waals surface area contributed by atoms with Crippen molar-refractivity contribution in [3.05, 3.63) is 0 Å². The Balaban J connectivity index is 2.71. The third kappa shape index (κ3) is 5.68. The van der Waals surface area contributed by atoms with E-state index in [2.05, 4.69) is 30.9 Å². The number of amides is 1. The standard InChI is InChI=1S/C12H22N6O2/c1-4-7-20-12-17-10(14-6-3)16-11(18-12)15-8-9(19)13-5-2/h4-8H2,1-3H3,(H,13,19)(H2,14,15,16,17,18). The molecule has 0 bridgehead atoms. The van der Waals surface area contributed by atoms with E-state index in [9.17, 15) is 4.79 Å². The molecule has 1 amide bonds. The van der Waals surface area contributed by atoms with Crippen LogP contribution in [0.2, 0.25) is 0 Å². The minimum atomic E-state index is -0.117. The third-order valence-electron chi connectivity index (χ3n) is 2.17. The molecule has 1 rings (SSSR count). The molecule has 0 unspecified atom stereocenters. The van der Waals surface area contributed by atoms with E-state index in [0.29, 0.717) is 31.6 Å². The molecule has 8 heteroatoms. The number of aromatic nitrogens is 3. The van der Waals surface area contributed by atoms with Gasteiger partial charge in [0, 0.05) is 13.1 Å². The Labute approximate surface area is 118 Å². The molecular formula is C12H22N6O2. The minimum Gasteiger partial charge on any atom is -0.463 e. The molecule has 1 aromatic rings. The summed E-state index contributed by atoms with van der Waals surface area (Å²) >= 11 is 0. The number of likely N-dealkylation sites (N-methyl/N-ethyl adjacent to an activating group) is 1. The highest BCUT2D eigenvalue weighted by Crippen LogP contribution is 2.11. The van der Waals surface area contributed by atoms with Crippen molar-refractivity contribution in [3.63, 3.8) is 0 Å². The summed E-state index contributed by atoms with van der Waals surface area (Å²) in [6, 6.07) is 0.246. The van der Waals surface area contributed by atoms with E-state index < -0.39 is 0 Å². The summed E-state index contributed by atoms with van der Waals surface area (Å²) in [5.74, 6) is 0.620. The number of hydrogen-bond acceptors (Lipinski definition) is 7.